The topological polar surface area (TPSA) is 60.0 Å². The van der Waals surface area contributed by atoms with Gasteiger partial charge in [0.15, 0.2) is 18.1 Å². The number of ether oxygens (including phenoxy) is 3. The minimum atomic E-state index is -0.0842. The lowest BCUT2D eigenvalue weighted by Gasteiger charge is -2.40. The van der Waals surface area contributed by atoms with E-state index in [0.29, 0.717) is 30.0 Å². The van der Waals surface area contributed by atoms with E-state index in [9.17, 15) is 4.79 Å². The average Bonchev–Trinajstić information content (AvgIpc) is 2.71. The smallest absolute Gasteiger partial charge is 0.257 e. The summed E-state index contributed by atoms with van der Waals surface area (Å²) >= 11 is 0. The first-order valence-electron chi connectivity index (χ1n) is 9.60. The number of carbonyl (C=O) groups is 1. The van der Waals surface area contributed by atoms with E-state index in [1.165, 1.54) is 19.4 Å². The molecule has 0 aromatic heterocycles. The minimum Gasteiger partial charge on any atom is -0.493 e. The number of amides is 1. The van der Waals surface area contributed by atoms with Crippen LogP contribution in [0.2, 0.25) is 0 Å². The van der Waals surface area contributed by atoms with Crippen molar-refractivity contribution in [2.45, 2.75) is 31.7 Å². The van der Waals surface area contributed by atoms with E-state index in [2.05, 4.69) is 10.2 Å². The number of benzene rings is 1. The van der Waals surface area contributed by atoms with Crippen LogP contribution in [0.5, 0.6) is 11.5 Å². The van der Waals surface area contributed by atoms with E-state index in [4.69, 9.17) is 14.2 Å². The number of rotatable bonds is 7. The van der Waals surface area contributed by atoms with Crippen LogP contribution in [0, 0.1) is 5.92 Å². The van der Waals surface area contributed by atoms with Gasteiger partial charge in [-0.3, -0.25) is 9.69 Å². The van der Waals surface area contributed by atoms with Gasteiger partial charge in [-0.2, -0.15) is 0 Å². The Morgan fingerprint density at radius 2 is 2.00 bits per heavy atom. The third-order valence-electron chi connectivity index (χ3n) is 5.27. The third-order valence-corrected chi connectivity index (χ3v) is 5.27. The lowest BCUT2D eigenvalue weighted by molar-refractivity contribution is -0.123. The molecule has 0 bridgehead atoms. The summed E-state index contributed by atoms with van der Waals surface area (Å²) in [7, 11) is 1.59. The lowest BCUT2D eigenvalue weighted by atomic mass is 9.95. The molecule has 6 heteroatoms. The van der Waals surface area contributed by atoms with Gasteiger partial charge in [0.2, 0.25) is 0 Å². The number of nitrogens with zero attached hydrogens (tertiary/aromatic N) is 1. The molecule has 0 saturated carbocycles. The standard InChI is InChI=1S/C20H30N2O4/c1-24-18-6-2-3-7-19(18)26-15-20(23)21-13-16-5-4-10-22(14-16)17-8-11-25-12-9-17/h2-3,6-7,16-17H,4-5,8-15H2,1H3,(H,21,23). The molecule has 1 unspecified atom stereocenters. The van der Waals surface area contributed by atoms with Crippen molar-refractivity contribution >= 4 is 5.91 Å². The highest BCUT2D eigenvalue weighted by molar-refractivity contribution is 5.77. The summed E-state index contributed by atoms with van der Waals surface area (Å²) in [5, 5.41) is 3.03. The van der Waals surface area contributed by atoms with E-state index >= 15 is 0 Å². The normalized spacial score (nSPS) is 22.0. The summed E-state index contributed by atoms with van der Waals surface area (Å²) in [6.45, 7) is 4.72. The van der Waals surface area contributed by atoms with E-state index in [1.807, 2.05) is 18.2 Å². The molecule has 0 aliphatic carbocycles. The van der Waals surface area contributed by atoms with Crippen molar-refractivity contribution in [2.75, 3.05) is 46.6 Å². The van der Waals surface area contributed by atoms with Crippen LogP contribution in [-0.4, -0.2) is 63.4 Å². The zero-order valence-electron chi connectivity index (χ0n) is 15.6. The Labute approximate surface area is 155 Å². The van der Waals surface area contributed by atoms with Crippen molar-refractivity contribution in [1.82, 2.24) is 10.2 Å². The molecule has 2 fully saturated rings. The Kier molecular flexibility index (Phi) is 7.14. The quantitative estimate of drug-likeness (QED) is 0.805. The van der Waals surface area contributed by atoms with Crippen LogP contribution in [-0.2, 0) is 9.53 Å². The number of para-hydroxylation sites is 2. The second kappa shape index (κ2) is 9.78. The molecule has 2 aliphatic heterocycles. The number of methoxy groups -OCH3 is 1. The lowest BCUT2D eigenvalue weighted by Crippen LogP contribution is -2.47. The van der Waals surface area contributed by atoms with Gasteiger partial charge in [0.25, 0.3) is 5.91 Å². The second-order valence-corrected chi connectivity index (χ2v) is 7.09. The Morgan fingerprint density at radius 3 is 2.77 bits per heavy atom. The maximum absolute atomic E-state index is 12.1. The summed E-state index contributed by atoms with van der Waals surface area (Å²) in [6, 6.07) is 8.01. The Balaban J connectivity index is 1.39. The molecule has 144 valence electrons. The molecular formula is C20H30N2O4. The summed E-state index contributed by atoms with van der Waals surface area (Å²) in [5.41, 5.74) is 0. The van der Waals surface area contributed by atoms with E-state index in [-0.39, 0.29) is 12.5 Å². The van der Waals surface area contributed by atoms with Crippen LogP contribution < -0.4 is 14.8 Å². The van der Waals surface area contributed by atoms with Crippen LogP contribution in [0.4, 0.5) is 0 Å². The molecule has 6 nitrogen and oxygen atoms in total. The van der Waals surface area contributed by atoms with Gasteiger partial charge in [-0.1, -0.05) is 12.1 Å². The van der Waals surface area contributed by atoms with Crippen molar-refractivity contribution < 1.29 is 19.0 Å². The number of likely N-dealkylation sites (tertiary alicyclic amines) is 1. The molecule has 26 heavy (non-hydrogen) atoms. The average molecular weight is 362 g/mol. The Hall–Kier alpha value is -1.79. The van der Waals surface area contributed by atoms with Gasteiger partial charge in [-0.25, -0.2) is 0 Å². The maximum atomic E-state index is 12.1. The van der Waals surface area contributed by atoms with Gasteiger partial charge in [-0.15, -0.1) is 0 Å². The summed E-state index contributed by atoms with van der Waals surface area (Å²) in [6.07, 6.45) is 4.64. The predicted octanol–water partition coefficient (Wildman–Crippen LogP) is 2.08. The SMILES string of the molecule is COc1ccccc1OCC(=O)NCC1CCCN(C2CCOCC2)C1. The monoisotopic (exact) mass is 362 g/mol. The highest BCUT2D eigenvalue weighted by Crippen LogP contribution is 2.25. The van der Waals surface area contributed by atoms with Gasteiger partial charge < -0.3 is 19.5 Å². The molecule has 1 aromatic rings. The molecule has 2 aliphatic rings. The summed E-state index contributed by atoms with van der Waals surface area (Å²) in [4.78, 5) is 14.7. The third kappa shape index (κ3) is 5.35. The fourth-order valence-corrected chi connectivity index (χ4v) is 3.84. The van der Waals surface area contributed by atoms with Crippen LogP contribution in [0.3, 0.4) is 0 Å². The highest BCUT2D eigenvalue weighted by Gasteiger charge is 2.27. The number of nitrogens with one attached hydrogen (secondary N) is 1. The van der Waals surface area contributed by atoms with Gasteiger partial charge >= 0.3 is 0 Å². The molecular weight excluding hydrogens is 332 g/mol. The second-order valence-electron chi connectivity index (χ2n) is 7.09. The van der Waals surface area contributed by atoms with Crippen molar-refractivity contribution in [1.29, 1.82) is 0 Å². The first-order valence-corrected chi connectivity index (χ1v) is 9.60. The molecule has 0 radical (unpaired) electrons. The van der Waals surface area contributed by atoms with Crippen LogP contribution in [0.25, 0.3) is 0 Å². The zero-order valence-corrected chi connectivity index (χ0v) is 15.6. The molecule has 1 amide bonds. The predicted molar refractivity (Wildman–Crippen MR) is 99.6 cm³/mol. The fourth-order valence-electron chi connectivity index (χ4n) is 3.84. The summed E-state index contributed by atoms with van der Waals surface area (Å²) in [5.74, 6) is 1.66. The van der Waals surface area contributed by atoms with Crippen LogP contribution in [0.1, 0.15) is 25.7 Å². The van der Waals surface area contributed by atoms with Crippen molar-refractivity contribution in [3.05, 3.63) is 24.3 Å². The summed E-state index contributed by atoms with van der Waals surface area (Å²) < 4.78 is 16.3. The first kappa shape index (κ1) is 19.0. The van der Waals surface area contributed by atoms with Crippen molar-refractivity contribution in [3.63, 3.8) is 0 Å². The van der Waals surface area contributed by atoms with E-state index in [1.54, 1.807) is 13.2 Å². The van der Waals surface area contributed by atoms with E-state index in [0.717, 1.165) is 32.6 Å². The van der Waals surface area contributed by atoms with E-state index < -0.39 is 0 Å². The first-order chi connectivity index (χ1) is 12.8. The number of piperidine rings is 1. The minimum absolute atomic E-state index is 0.0107. The fraction of sp³-hybridized carbons (Fsp3) is 0.650. The van der Waals surface area contributed by atoms with Gasteiger partial charge in [0.1, 0.15) is 0 Å². The highest BCUT2D eigenvalue weighted by atomic mass is 16.5. The molecule has 1 N–H and O–H groups in total. The van der Waals surface area contributed by atoms with Crippen LogP contribution >= 0.6 is 0 Å². The molecule has 1 aromatic carbocycles. The zero-order chi connectivity index (χ0) is 18.2. The molecule has 2 saturated heterocycles. The molecule has 2 heterocycles. The maximum Gasteiger partial charge on any atom is 0.257 e. The Bertz CT molecular complexity index is 575. The number of hydrogen-bond donors (Lipinski definition) is 1. The molecule has 3 rings (SSSR count). The van der Waals surface area contributed by atoms with Crippen LogP contribution in [0.15, 0.2) is 24.3 Å². The molecule has 1 atom stereocenters. The van der Waals surface area contributed by atoms with Gasteiger partial charge in [0, 0.05) is 32.3 Å². The van der Waals surface area contributed by atoms with Gasteiger partial charge in [-0.05, 0) is 50.3 Å². The number of carbonyl (C=O) groups excluding carboxylic acids is 1. The largest absolute Gasteiger partial charge is 0.493 e. The molecule has 0 spiro atoms. The van der Waals surface area contributed by atoms with Crippen molar-refractivity contribution in [3.8, 4) is 11.5 Å². The van der Waals surface area contributed by atoms with Crippen molar-refractivity contribution in [2.24, 2.45) is 5.92 Å². The Morgan fingerprint density at radius 1 is 1.23 bits per heavy atom. The van der Waals surface area contributed by atoms with Gasteiger partial charge in [0.05, 0.1) is 7.11 Å². The number of hydrogen-bond acceptors (Lipinski definition) is 5.